The van der Waals surface area contributed by atoms with Gasteiger partial charge in [-0.15, -0.1) is 0 Å². The Morgan fingerprint density at radius 1 is 1.25 bits per heavy atom. The van der Waals surface area contributed by atoms with E-state index in [1.54, 1.807) is 26.3 Å². The maximum Gasteiger partial charge on any atom is 0.251 e. The number of anilines is 1. The van der Waals surface area contributed by atoms with E-state index in [1.165, 1.54) is 11.8 Å². The summed E-state index contributed by atoms with van der Waals surface area (Å²) in [6, 6.07) is 13.0. The molecule has 2 aromatic carbocycles. The molecular weight excluding hydrogens is 272 g/mol. The second kappa shape index (κ2) is 6.34. The number of hydrogen-bond acceptors (Lipinski definition) is 4. The largest absolute Gasteiger partial charge is 0.497 e. The predicted octanol–water partition coefficient (Wildman–Crippen LogP) is 2.79. The molecule has 0 saturated heterocycles. The van der Waals surface area contributed by atoms with Crippen LogP contribution in [-0.2, 0) is 0 Å². The Labute approximate surface area is 122 Å². The van der Waals surface area contributed by atoms with E-state index in [1.807, 2.05) is 30.3 Å². The summed E-state index contributed by atoms with van der Waals surface area (Å²) in [7, 11) is 3.23. The highest BCUT2D eigenvalue weighted by Crippen LogP contribution is 2.34. The first kappa shape index (κ1) is 14.3. The molecule has 0 atom stereocenters. The van der Waals surface area contributed by atoms with Gasteiger partial charge in [-0.25, -0.2) is 0 Å². The van der Waals surface area contributed by atoms with Gasteiger partial charge in [-0.3, -0.25) is 4.79 Å². The molecule has 104 valence electrons. The topological polar surface area (TPSA) is 64.3 Å². The average molecular weight is 288 g/mol. The molecule has 3 N–H and O–H groups in total. The van der Waals surface area contributed by atoms with Crippen LogP contribution in [0.1, 0.15) is 10.4 Å². The Balaban J connectivity index is 2.23. The van der Waals surface area contributed by atoms with Crippen LogP contribution in [0, 0.1) is 0 Å². The Morgan fingerprint density at radius 2 is 2.05 bits per heavy atom. The van der Waals surface area contributed by atoms with Gasteiger partial charge in [-0.1, -0.05) is 17.8 Å². The van der Waals surface area contributed by atoms with Gasteiger partial charge in [0.15, 0.2) is 0 Å². The van der Waals surface area contributed by atoms with Crippen molar-refractivity contribution >= 4 is 23.4 Å². The molecule has 0 spiro atoms. The number of carbonyl (C=O) groups is 1. The van der Waals surface area contributed by atoms with Crippen molar-refractivity contribution < 1.29 is 9.53 Å². The van der Waals surface area contributed by atoms with Crippen molar-refractivity contribution in [3.8, 4) is 5.75 Å². The van der Waals surface area contributed by atoms with Gasteiger partial charge < -0.3 is 15.8 Å². The Kier molecular flexibility index (Phi) is 4.53. The van der Waals surface area contributed by atoms with Crippen molar-refractivity contribution in [3.63, 3.8) is 0 Å². The summed E-state index contributed by atoms with van der Waals surface area (Å²) in [5.74, 6) is 0.658. The summed E-state index contributed by atoms with van der Waals surface area (Å²) < 4.78 is 5.19. The second-order valence-corrected chi connectivity index (χ2v) is 5.23. The van der Waals surface area contributed by atoms with E-state index < -0.39 is 0 Å². The quantitative estimate of drug-likeness (QED) is 0.849. The summed E-state index contributed by atoms with van der Waals surface area (Å²) in [4.78, 5) is 13.5. The van der Waals surface area contributed by atoms with Gasteiger partial charge in [0, 0.05) is 28.1 Å². The van der Waals surface area contributed by atoms with Crippen molar-refractivity contribution in [2.75, 3.05) is 19.9 Å². The molecule has 0 aromatic heterocycles. The molecular formula is C15H16N2O2S. The molecule has 0 aliphatic heterocycles. The zero-order valence-electron chi connectivity index (χ0n) is 11.3. The van der Waals surface area contributed by atoms with E-state index in [2.05, 4.69) is 5.32 Å². The summed E-state index contributed by atoms with van der Waals surface area (Å²) in [5, 5.41) is 2.57. The monoisotopic (exact) mass is 288 g/mol. The van der Waals surface area contributed by atoms with Crippen LogP contribution in [0.15, 0.2) is 52.3 Å². The Bertz CT molecular complexity index is 629. The molecule has 0 saturated carbocycles. The highest BCUT2D eigenvalue weighted by Gasteiger charge is 2.08. The highest BCUT2D eigenvalue weighted by molar-refractivity contribution is 7.99. The van der Waals surface area contributed by atoms with E-state index in [4.69, 9.17) is 10.5 Å². The fraction of sp³-hybridized carbons (Fsp3) is 0.133. The summed E-state index contributed by atoms with van der Waals surface area (Å²) in [5.41, 5.74) is 7.14. The van der Waals surface area contributed by atoms with Crippen LogP contribution in [0.5, 0.6) is 5.75 Å². The molecule has 20 heavy (non-hydrogen) atoms. The average Bonchev–Trinajstić information content (AvgIpc) is 2.48. The van der Waals surface area contributed by atoms with E-state index in [0.717, 1.165) is 15.5 Å². The first-order chi connectivity index (χ1) is 9.63. The van der Waals surface area contributed by atoms with Gasteiger partial charge in [0.2, 0.25) is 0 Å². The molecule has 0 bridgehead atoms. The Morgan fingerprint density at radius 3 is 2.70 bits per heavy atom. The van der Waals surface area contributed by atoms with Crippen molar-refractivity contribution in [2.45, 2.75) is 9.79 Å². The second-order valence-electron chi connectivity index (χ2n) is 4.11. The van der Waals surface area contributed by atoms with Crippen LogP contribution in [-0.4, -0.2) is 20.1 Å². The summed E-state index contributed by atoms with van der Waals surface area (Å²) >= 11 is 1.54. The lowest BCUT2D eigenvalue weighted by molar-refractivity contribution is 0.0963. The number of nitrogens with two attached hydrogens (primary N) is 1. The fourth-order valence-electron chi connectivity index (χ4n) is 1.72. The predicted molar refractivity (Wildman–Crippen MR) is 81.4 cm³/mol. The number of nitrogens with one attached hydrogen (secondary N) is 1. The number of amides is 1. The number of ether oxygens (including phenoxy) is 1. The van der Waals surface area contributed by atoms with Crippen LogP contribution in [0.25, 0.3) is 0 Å². The summed E-state index contributed by atoms with van der Waals surface area (Å²) in [6.07, 6.45) is 0. The molecule has 0 aliphatic carbocycles. The maximum atomic E-state index is 11.5. The number of methoxy groups -OCH3 is 1. The van der Waals surface area contributed by atoms with Crippen LogP contribution in [0.4, 0.5) is 5.69 Å². The van der Waals surface area contributed by atoms with Gasteiger partial charge in [0.05, 0.1) is 7.11 Å². The molecule has 4 nitrogen and oxygen atoms in total. The van der Waals surface area contributed by atoms with Gasteiger partial charge >= 0.3 is 0 Å². The van der Waals surface area contributed by atoms with Crippen LogP contribution < -0.4 is 15.8 Å². The van der Waals surface area contributed by atoms with Crippen molar-refractivity contribution in [3.05, 3.63) is 48.0 Å². The van der Waals surface area contributed by atoms with E-state index in [9.17, 15) is 4.79 Å². The third-order valence-corrected chi connectivity index (χ3v) is 3.85. The van der Waals surface area contributed by atoms with Crippen molar-refractivity contribution in [2.24, 2.45) is 0 Å². The molecule has 0 radical (unpaired) electrons. The van der Waals surface area contributed by atoms with Crippen LogP contribution in [0.2, 0.25) is 0 Å². The van der Waals surface area contributed by atoms with Gasteiger partial charge in [0.1, 0.15) is 5.75 Å². The smallest absolute Gasteiger partial charge is 0.251 e. The minimum Gasteiger partial charge on any atom is -0.497 e. The van der Waals surface area contributed by atoms with Crippen molar-refractivity contribution in [1.82, 2.24) is 5.32 Å². The molecule has 0 unspecified atom stereocenters. The SMILES string of the molecule is CNC(=O)c1ccc(Sc2cccc(OC)c2)c(N)c1. The fourth-order valence-corrected chi connectivity index (χ4v) is 2.61. The molecule has 0 heterocycles. The molecule has 2 rings (SSSR count). The van der Waals surface area contributed by atoms with E-state index in [-0.39, 0.29) is 5.91 Å². The third kappa shape index (κ3) is 3.24. The molecule has 2 aromatic rings. The van der Waals surface area contributed by atoms with Crippen molar-refractivity contribution in [1.29, 1.82) is 0 Å². The number of rotatable bonds is 4. The van der Waals surface area contributed by atoms with Gasteiger partial charge in [-0.05, 0) is 36.4 Å². The molecule has 5 heteroatoms. The van der Waals surface area contributed by atoms with Crippen LogP contribution >= 0.6 is 11.8 Å². The Hall–Kier alpha value is -2.14. The minimum atomic E-state index is -0.144. The lowest BCUT2D eigenvalue weighted by Gasteiger charge is -2.08. The molecule has 0 aliphatic rings. The number of benzene rings is 2. The van der Waals surface area contributed by atoms with Gasteiger partial charge in [0.25, 0.3) is 5.91 Å². The minimum absolute atomic E-state index is 0.144. The standard InChI is InChI=1S/C15H16N2O2S/c1-17-15(18)10-6-7-14(13(16)8-10)20-12-5-3-4-11(9-12)19-2/h3-9H,16H2,1-2H3,(H,17,18). The number of hydrogen-bond donors (Lipinski definition) is 2. The zero-order chi connectivity index (χ0) is 14.5. The summed E-state index contributed by atoms with van der Waals surface area (Å²) in [6.45, 7) is 0. The number of nitrogen functional groups attached to an aromatic ring is 1. The molecule has 0 fully saturated rings. The van der Waals surface area contributed by atoms with E-state index in [0.29, 0.717) is 11.3 Å². The zero-order valence-corrected chi connectivity index (χ0v) is 12.2. The normalized spacial score (nSPS) is 10.1. The maximum absolute atomic E-state index is 11.5. The number of carbonyl (C=O) groups excluding carboxylic acids is 1. The van der Waals surface area contributed by atoms with E-state index >= 15 is 0 Å². The lowest BCUT2D eigenvalue weighted by atomic mass is 10.2. The van der Waals surface area contributed by atoms with Gasteiger partial charge in [-0.2, -0.15) is 0 Å². The van der Waals surface area contributed by atoms with Crippen LogP contribution in [0.3, 0.4) is 0 Å². The highest BCUT2D eigenvalue weighted by atomic mass is 32.2. The lowest BCUT2D eigenvalue weighted by Crippen LogP contribution is -2.17. The molecule has 1 amide bonds. The first-order valence-corrected chi connectivity index (χ1v) is 6.89. The first-order valence-electron chi connectivity index (χ1n) is 6.07. The third-order valence-electron chi connectivity index (χ3n) is 2.77.